The molecule has 132 valence electrons. The van der Waals surface area contributed by atoms with Crippen LogP contribution in [-0.2, 0) is 14.3 Å². The van der Waals surface area contributed by atoms with Crippen LogP contribution in [0.1, 0.15) is 12.0 Å². The van der Waals surface area contributed by atoms with Gasteiger partial charge in [-0.3, -0.25) is 0 Å². The number of carboxylic acid groups (broad SMARTS) is 1. The molecule has 4 N–H and O–H groups in total. The number of hydrogen-bond donors (Lipinski definition) is 4. The highest BCUT2D eigenvalue weighted by Gasteiger charge is 2.38. The predicted molar refractivity (Wildman–Crippen MR) is 82.1 cm³/mol. The van der Waals surface area contributed by atoms with Gasteiger partial charge >= 0.3 is 5.97 Å². The Labute approximate surface area is 138 Å². The lowest BCUT2D eigenvalue weighted by molar-refractivity contribution is -0.246. The fourth-order valence-electron chi connectivity index (χ4n) is 2.31. The highest BCUT2D eigenvalue weighted by molar-refractivity contribution is 5.89. The van der Waals surface area contributed by atoms with E-state index in [9.17, 15) is 20.1 Å². The van der Waals surface area contributed by atoms with E-state index in [0.29, 0.717) is 11.3 Å². The smallest absolute Gasteiger partial charge is 0.371 e. The van der Waals surface area contributed by atoms with E-state index in [1.54, 1.807) is 24.3 Å². The zero-order valence-electron chi connectivity index (χ0n) is 13.0. The average Bonchev–Trinajstić information content (AvgIpc) is 2.57. The molecule has 0 spiro atoms. The van der Waals surface area contributed by atoms with Gasteiger partial charge in [0.05, 0.1) is 19.8 Å². The van der Waals surface area contributed by atoms with Crippen LogP contribution in [0.15, 0.2) is 30.0 Å². The van der Waals surface area contributed by atoms with E-state index in [1.165, 1.54) is 13.2 Å². The van der Waals surface area contributed by atoms with Crippen molar-refractivity contribution in [2.45, 2.75) is 31.0 Å². The maximum absolute atomic E-state index is 11.4. The van der Waals surface area contributed by atoms with Crippen LogP contribution in [0.25, 0.3) is 6.08 Å². The Morgan fingerprint density at radius 3 is 2.79 bits per heavy atom. The molecule has 1 fully saturated rings. The zero-order valence-corrected chi connectivity index (χ0v) is 13.0. The molecule has 3 unspecified atom stereocenters. The summed E-state index contributed by atoms with van der Waals surface area (Å²) in [6.45, 7) is -0.528. The Morgan fingerprint density at radius 1 is 1.42 bits per heavy atom. The molecule has 0 bridgehead atoms. The van der Waals surface area contributed by atoms with E-state index >= 15 is 0 Å². The van der Waals surface area contributed by atoms with Crippen molar-refractivity contribution in [3.8, 4) is 5.75 Å². The quantitative estimate of drug-likeness (QED) is 0.420. The van der Waals surface area contributed by atoms with Crippen LogP contribution in [0.2, 0.25) is 0 Å². The van der Waals surface area contributed by atoms with Crippen LogP contribution in [0.4, 0.5) is 0 Å². The van der Waals surface area contributed by atoms with Gasteiger partial charge in [0.1, 0.15) is 18.0 Å². The molecule has 0 aliphatic carbocycles. The van der Waals surface area contributed by atoms with Gasteiger partial charge in [0.2, 0.25) is 12.0 Å². The number of carboxylic acids is 1. The normalized spacial score (nSPS) is 27.6. The second kappa shape index (κ2) is 8.11. The molecule has 8 nitrogen and oxygen atoms in total. The molecule has 1 aromatic rings. The van der Waals surface area contributed by atoms with Crippen molar-refractivity contribution in [1.82, 2.24) is 0 Å². The SMILES string of the molecule is COc1cccc(/C=C(\OC2CC(O)[C@@H](O)C(CO)O2)C(=O)O)c1. The molecule has 0 aromatic heterocycles. The van der Waals surface area contributed by atoms with Gasteiger partial charge in [-0.05, 0) is 23.8 Å². The zero-order chi connectivity index (χ0) is 17.7. The molecule has 1 aromatic carbocycles. The summed E-state index contributed by atoms with van der Waals surface area (Å²) in [6.07, 6.45) is -3.43. The van der Waals surface area contributed by atoms with Gasteiger partial charge < -0.3 is 34.6 Å². The summed E-state index contributed by atoms with van der Waals surface area (Å²) in [7, 11) is 1.50. The predicted octanol–water partition coefficient (Wildman–Crippen LogP) is -0.0336. The number of carbonyl (C=O) groups is 1. The van der Waals surface area contributed by atoms with Crippen molar-refractivity contribution in [2.75, 3.05) is 13.7 Å². The molecule has 0 amide bonds. The van der Waals surface area contributed by atoms with Gasteiger partial charge in [-0.2, -0.15) is 0 Å². The third-order valence-electron chi connectivity index (χ3n) is 3.58. The van der Waals surface area contributed by atoms with E-state index in [1.807, 2.05) is 0 Å². The molecule has 24 heavy (non-hydrogen) atoms. The number of aliphatic carboxylic acids is 1. The molecule has 1 aliphatic rings. The summed E-state index contributed by atoms with van der Waals surface area (Å²) in [5, 5.41) is 37.8. The fraction of sp³-hybridized carbons (Fsp3) is 0.438. The highest BCUT2D eigenvalue weighted by Crippen LogP contribution is 2.24. The molecular formula is C16H20O8. The van der Waals surface area contributed by atoms with Gasteiger partial charge in [-0.15, -0.1) is 0 Å². The Balaban J connectivity index is 2.16. The number of ether oxygens (including phenoxy) is 3. The largest absolute Gasteiger partial charge is 0.497 e. The molecule has 1 aliphatic heterocycles. The molecule has 2 rings (SSSR count). The topological polar surface area (TPSA) is 126 Å². The summed E-state index contributed by atoms with van der Waals surface area (Å²) in [6, 6.07) is 6.71. The summed E-state index contributed by atoms with van der Waals surface area (Å²) >= 11 is 0. The van der Waals surface area contributed by atoms with Gasteiger partial charge in [-0.25, -0.2) is 4.79 Å². The van der Waals surface area contributed by atoms with E-state index in [2.05, 4.69) is 0 Å². The minimum Gasteiger partial charge on any atom is -0.497 e. The molecule has 4 atom stereocenters. The number of benzene rings is 1. The molecule has 8 heteroatoms. The number of aliphatic hydroxyl groups is 3. The van der Waals surface area contributed by atoms with Crippen LogP contribution >= 0.6 is 0 Å². The first kappa shape index (κ1) is 18.2. The summed E-state index contributed by atoms with van der Waals surface area (Å²) in [5.41, 5.74) is 0.543. The number of rotatable bonds is 6. The lowest BCUT2D eigenvalue weighted by Gasteiger charge is -2.36. The first-order valence-electron chi connectivity index (χ1n) is 7.32. The second-order valence-electron chi connectivity index (χ2n) is 5.29. The monoisotopic (exact) mass is 340 g/mol. The van der Waals surface area contributed by atoms with Crippen molar-refractivity contribution in [3.63, 3.8) is 0 Å². The average molecular weight is 340 g/mol. The minimum absolute atomic E-state index is 0.125. The van der Waals surface area contributed by atoms with E-state index < -0.39 is 42.9 Å². The van der Waals surface area contributed by atoms with E-state index in [4.69, 9.17) is 19.3 Å². The van der Waals surface area contributed by atoms with Crippen LogP contribution in [0.5, 0.6) is 5.75 Å². The standard InChI is InChI=1S/C16H20O8/c1-22-10-4-2-3-9(5-10)6-12(16(20)21)23-14-7-11(18)15(19)13(8-17)24-14/h2-6,11,13-15,17-19H,7-8H2,1H3,(H,20,21)/b12-6-/t11?,13?,14?,15-/m1/s1. The van der Waals surface area contributed by atoms with Gasteiger partial charge in [-0.1, -0.05) is 12.1 Å². The first-order valence-corrected chi connectivity index (χ1v) is 7.32. The third-order valence-corrected chi connectivity index (χ3v) is 3.58. The maximum atomic E-state index is 11.4. The lowest BCUT2D eigenvalue weighted by atomic mass is 10.0. The number of aliphatic hydroxyl groups excluding tert-OH is 3. The summed E-state index contributed by atoms with van der Waals surface area (Å²) < 4.78 is 15.6. The molecule has 0 radical (unpaired) electrons. The molecule has 1 saturated heterocycles. The lowest BCUT2D eigenvalue weighted by Crippen LogP contribution is -2.50. The van der Waals surface area contributed by atoms with Gasteiger partial charge in [0.25, 0.3) is 0 Å². The minimum atomic E-state index is -1.32. The molecule has 0 saturated carbocycles. The molecular weight excluding hydrogens is 320 g/mol. The van der Waals surface area contributed by atoms with E-state index in [0.717, 1.165) is 0 Å². The van der Waals surface area contributed by atoms with Crippen molar-refractivity contribution in [1.29, 1.82) is 0 Å². The second-order valence-corrected chi connectivity index (χ2v) is 5.29. The number of methoxy groups -OCH3 is 1. The Morgan fingerprint density at radius 2 is 2.17 bits per heavy atom. The van der Waals surface area contributed by atoms with E-state index in [-0.39, 0.29) is 6.42 Å². The van der Waals surface area contributed by atoms with Crippen molar-refractivity contribution >= 4 is 12.0 Å². The van der Waals surface area contributed by atoms with Gasteiger partial charge in [0, 0.05) is 6.42 Å². The Kier molecular flexibility index (Phi) is 6.16. The van der Waals surface area contributed by atoms with Gasteiger partial charge in [0.15, 0.2) is 0 Å². The van der Waals surface area contributed by atoms with Crippen LogP contribution < -0.4 is 4.74 Å². The first-order chi connectivity index (χ1) is 11.4. The summed E-state index contributed by atoms with van der Waals surface area (Å²) in [4.78, 5) is 11.4. The Bertz CT molecular complexity index is 599. The van der Waals surface area contributed by atoms with Crippen molar-refractivity contribution in [3.05, 3.63) is 35.6 Å². The maximum Gasteiger partial charge on any atom is 0.371 e. The van der Waals surface area contributed by atoms with Crippen LogP contribution in [0, 0.1) is 0 Å². The van der Waals surface area contributed by atoms with Crippen LogP contribution in [-0.4, -0.2) is 64.7 Å². The van der Waals surface area contributed by atoms with Crippen molar-refractivity contribution < 1.29 is 39.4 Å². The summed E-state index contributed by atoms with van der Waals surface area (Å²) in [5.74, 6) is -1.16. The third kappa shape index (κ3) is 4.45. The molecule has 1 heterocycles. The number of hydrogen-bond acceptors (Lipinski definition) is 7. The van der Waals surface area contributed by atoms with Crippen LogP contribution in [0.3, 0.4) is 0 Å². The Hall–Kier alpha value is -2.13. The fourth-order valence-corrected chi connectivity index (χ4v) is 2.31. The highest BCUT2D eigenvalue weighted by atomic mass is 16.7. The van der Waals surface area contributed by atoms with Crippen molar-refractivity contribution in [2.24, 2.45) is 0 Å².